The monoisotopic (exact) mass is 384 g/mol. The number of aromatic nitrogens is 1. The van der Waals surface area contributed by atoms with E-state index in [0.717, 1.165) is 44.0 Å². The van der Waals surface area contributed by atoms with Crippen LogP contribution in [0.15, 0.2) is 60.8 Å². The molecule has 2 N–H and O–H groups in total. The van der Waals surface area contributed by atoms with Crippen LogP contribution >= 0.6 is 0 Å². The third-order valence-corrected chi connectivity index (χ3v) is 6.30. The first-order valence-corrected chi connectivity index (χ1v) is 10.5. The summed E-state index contributed by atoms with van der Waals surface area (Å²) in [7, 11) is 0. The Balaban J connectivity index is 1.47. The van der Waals surface area contributed by atoms with Crippen molar-refractivity contribution in [1.82, 2.24) is 15.2 Å². The van der Waals surface area contributed by atoms with E-state index in [-0.39, 0.29) is 5.41 Å². The minimum Gasteiger partial charge on any atom is -0.355 e. The molecule has 4 heteroatoms. The molecular weight excluding hydrogens is 356 g/mol. The van der Waals surface area contributed by atoms with Gasteiger partial charge in [-0.25, -0.2) is 0 Å². The topological polar surface area (TPSA) is 40.2 Å². The zero-order chi connectivity index (χ0) is 19.8. The first-order chi connectivity index (χ1) is 14.1. The maximum absolute atomic E-state index is 4.51. The summed E-state index contributed by atoms with van der Waals surface area (Å²) in [6, 6.07) is 19.7. The van der Waals surface area contributed by atoms with Crippen LogP contribution in [0.2, 0.25) is 0 Å². The predicted octanol–water partition coefficient (Wildman–Crippen LogP) is 4.54. The quantitative estimate of drug-likeness (QED) is 0.696. The molecule has 0 aliphatic carbocycles. The van der Waals surface area contributed by atoms with Gasteiger partial charge in [-0.1, -0.05) is 44.2 Å². The van der Waals surface area contributed by atoms with Gasteiger partial charge in [0.1, 0.15) is 0 Å². The van der Waals surface area contributed by atoms with Gasteiger partial charge in [0.2, 0.25) is 0 Å². The molecule has 4 nitrogen and oxygen atoms in total. The van der Waals surface area contributed by atoms with Gasteiger partial charge < -0.3 is 10.6 Å². The SMILES string of the molecule is CC1(C)c2ccc(-c3ccccn3)cc2Nc2ccc(CN3CCNCC3)cc21. The minimum atomic E-state index is -0.0436. The molecule has 1 saturated heterocycles. The summed E-state index contributed by atoms with van der Waals surface area (Å²) in [6.45, 7) is 10.1. The second kappa shape index (κ2) is 7.29. The van der Waals surface area contributed by atoms with Crippen LogP contribution in [0.25, 0.3) is 11.3 Å². The number of nitrogens with one attached hydrogen (secondary N) is 2. The van der Waals surface area contributed by atoms with E-state index in [9.17, 15) is 0 Å². The fourth-order valence-corrected chi connectivity index (χ4v) is 4.62. The molecule has 148 valence electrons. The number of rotatable bonds is 3. The van der Waals surface area contributed by atoms with Crippen molar-refractivity contribution < 1.29 is 0 Å². The Labute approximate surface area is 173 Å². The summed E-state index contributed by atoms with van der Waals surface area (Å²) >= 11 is 0. The van der Waals surface area contributed by atoms with E-state index in [2.05, 4.69) is 76.8 Å². The molecule has 29 heavy (non-hydrogen) atoms. The highest BCUT2D eigenvalue weighted by molar-refractivity contribution is 5.79. The first kappa shape index (κ1) is 18.3. The van der Waals surface area contributed by atoms with Crippen LogP contribution in [0.4, 0.5) is 11.4 Å². The minimum absolute atomic E-state index is 0.0436. The molecule has 3 aromatic rings. The first-order valence-electron chi connectivity index (χ1n) is 10.5. The second-order valence-electron chi connectivity index (χ2n) is 8.63. The average molecular weight is 385 g/mol. The van der Waals surface area contributed by atoms with Gasteiger partial charge in [0.25, 0.3) is 0 Å². The summed E-state index contributed by atoms with van der Waals surface area (Å²) in [5, 5.41) is 7.12. The van der Waals surface area contributed by atoms with Crippen LogP contribution in [0, 0.1) is 0 Å². The molecule has 0 bridgehead atoms. The Hall–Kier alpha value is -2.69. The molecule has 2 aliphatic heterocycles. The van der Waals surface area contributed by atoms with E-state index in [0.29, 0.717) is 0 Å². The molecule has 0 unspecified atom stereocenters. The van der Waals surface area contributed by atoms with Crippen molar-refractivity contribution in [3.63, 3.8) is 0 Å². The predicted molar refractivity (Wildman–Crippen MR) is 120 cm³/mol. The van der Waals surface area contributed by atoms with Crippen LogP contribution in [0.1, 0.15) is 30.5 Å². The lowest BCUT2D eigenvalue weighted by Crippen LogP contribution is -2.42. The lowest BCUT2D eigenvalue weighted by Gasteiger charge is -2.36. The number of pyridine rings is 1. The average Bonchev–Trinajstić information content (AvgIpc) is 2.75. The molecule has 1 aromatic heterocycles. The number of hydrogen-bond donors (Lipinski definition) is 2. The van der Waals surface area contributed by atoms with Crippen LogP contribution in [-0.2, 0) is 12.0 Å². The molecule has 0 radical (unpaired) electrons. The highest BCUT2D eigenvalue weighted by atomic mass is 15.2. The Bertz CT molecular complexity index is 1020. The lowest BCUT2D eigenvalue weighted by molar-refractivity contribution is 0.233. The van der Waals surface area contributed by atoms with Crippen LogP contribution in [0.5, 0.6) is 0 Å². The number of hydrogen-bond acceptors (Lipinski definition) is 4. The zero-order valence-corrected chi connectivity index (χ0v) is 17.2. The maximum atomic E-state index is 4.51. The number of nitrogens with zero attached hydrogens (tertiary/aromatic N) is 2. The Morgan fingerprint density at radius 3 is 2.59 bits per heavy atom. The third-order valence-electron chi connectivity index (χ3n) is 6.30. The largest absolute Gasteiger partial charge is 0.355 e. The Kier molecular flexibility index (Phi) is 4.61. The molecule has 2 aliphatic rings. The smallest absolute Gasteiger partial charge is 0.0702 e. The van der Waals surface area contributed by atoms with Crippen molar-refractivity contribution in [3.05, 3.63) is 77.5 Å². The van der Waals surface area contributed by atoms with Crippen LogP contribution in [-0.4, -0.2) is 36.1 Å². The summed E-state index contributed by atoms with van der Waals surface area (Å²) in [6.07, 6.45) is 1.85. The van der Waals surface area contributed by atoms with E-state index in [4.69, 9.17) is 0 Å². The number of anilines is 2. The molecule has 1 fully saturated rings. The summed E-state index contributed by atoms with van der Waals surface area (Å²) < 4.78 is 0. The van der Waals surface area contributed by atoms with Gasteiger partial charge in [0, 0.05) is 61.3 Å². The normalized spacial score (nSPS) is 17.9. The van der Waals surface area contributed by atoms with Crippen LogP contribution in [0.3, 0.4) is 0 Å². The van der Waals surface area contributed by atoms with E-state index in [1.165, 1.54) is 28.1 Å². The summed E-state index contributed by atoms with van der Waals surface area (Å²) in [4.78, 5) is 7.05. The molecule has 0 saturated carbocycles. The third kappa shape index (κ3) is 3.43. The van der Waals surface area contributed by atoms with Gasteiger partial charge in [-0.15, -0.1) is 0 Å². The van der Waals surface area contributed by atoms with Gasteiger partial charge in [-0.05, 0) is 41.0 Å². The molecule has 0 amide bonds. The van der Waals surface area contributed by atoms with Crippen molar-refractivity contribution in [1.29, 1.82) is 0 Å². The number of piperazine rings is 1. The molecular formula is C25H28N4. The highest BCUT2D eigenvalue weighted by Gasteiger charge is 2.33. The fraction of sp³-hybridized carbons (Fsp3) is 0.320. The molecule has 0 spiro atoms. The molecule has 3 heterocycles. The van der Waals surface area contributed by atoms with Gasteiger partial charge in [0.05, 0.1) is 5.69 Å². The lowest BCUT2D eigenvalue weighted by atomic mass is 9.73. The standard InChI is InChI=1S/C25H28N4/c1-25(2)20-8-7-19(22-5-3-4-10-27-22)16-24(20)28-23-9-6-18(15-21(23)25)17-29-13-11-26-12-14-29/h3-10,15-16,26,28H,11-14,17H2,1-2H3. The maximum Gasteiger partial charge on any atom is 0.0702 e. The van der Waals surface area contributed by atoms with E-state index >= 15 is 0 Å². The summed E-state index contributed by atoms with van der Waals surface area (Å²) in [5.41, 5.74) is 8.61. The number of benzene rings is 2. The zero-order valence-electron chi connectivity index (χ0n) is 17.2. The van der Waals surface area contributed by atoms with Crippen molar-refractivity contribution in [2.45, 2.75) is 25.8 Å². The van der Waals surface area contributed by atoms with Crippen molar-refractivity contribution >= 4 is 11.4 Å². The van der Waals surface area contributed by atoms with Crippen molar-refractivity contribution in [3.8, 4) is 11.3 Å². The van der Waals surface area contributed by atoms with Crippen molar-refractivity contribution in [2.75, 3.05) is 31.5 Å². The van der Waals surface area contributed by atoms with Crippen LogP contribution < -0.4 is 10.6 Å². The Morgan fingerprint density at radius 1 is 0.931 bits per heavy atom. The molecule has 2 aromatic carbocycles. The van der Waals surface area contributed by atoms with E-state index < -0.39 is 0 Å². The van der Waals surface area contributed by atoms with Crippen molar-refractivity contribution in [2.24, 2.45) is 0 Å². The second-order valence-corrected chi connectivity index (χ2v) is 8.63. The molecule has 0 atom stereocenters. The number of fused-ring (bicyclic) bond motifs is 2. The van der Waals surface area contributed by atoms with Gasteiger partial charge >= 0.3 is 0 Å². The van der Waals surface area contributed by atoms with Gasteiger partial charge in [0.15, 0.2) is 0 Å². The highest BCUT2D eigenvalue weighted by Crippen LogP contribution is 2.46. The molecule has 5 rings (SSSR count). The fourth-order valence-electron chi connectivity index (χ4n) is 4.62. The van der Waals surface area contributed by atoms with Gasteiger partial charge in [-0.2, -0.15) is 0 Å². The van der Waals surface area contributed by atoms with E-state index in [1.807, 2.05) is 18.3 Å². The van der Waals surface area contributed by atoms with Gasteiger partial charge in [-0.3, -0.25) is 9.88 Å². The summed E-state index contributed by atoms with van der Waals surface area (Å²) in [5.74, 6) is 0. The Morgan fingerprint density at radius 2 is 1.79 bits per heavy atom. The van der Waals surface area contributed by atoms with E-state index in [1.54, 1.807) is 0 Å².